The van der Waals surface area contributed by atoms with Gasteiger partial charge in [0.25, 0.3) is 0 Å². The van der Waals surface area contributed by atoms with E-state index in [1.807, 2.05) is 61.5 Å². The van der Waals surface area contributed by atoms with Crippen molar-refractivity contribution < 1.29 is 17.6 Å². The number of carbonyl (C=O) groups is 1. The first kappa shape index (κ1) is 21.2. The summed E-state index contributed by atoms with van der Waals surface area (Å²) in [6.45, 7) is 1.68. The number of anilines is 1. The second kappa shape index (κ2) is 8.61. The van der Waals surface area contributed by atoms with Crippen LogP contribution in [0, 0.1) is 5.82 Å². The van der Waals surface area contributed by atoms with E-state index in [4.69, 9.17) is 0 Å². The van der Waals surface area contributed by atoms with Gasteiger partial charge in [-0.15, -0.1) is 0 Å². The van der Waals surface area contributed by atoms with Crippen LogP contribution in [0.3, 0.4) is 0 Å². The van der Waals surface area contributed by atoms with Crippen LogP contribution in [0.2, 0.25) is 0 Å². The van der Waals surface area contributed by atoms with Crippen LogP contribution in [0.1, 0.15) is 18.1 Å². The predicted molar refractivity (Wildman–Crippen MR) is 118 cm³/mol. The molecule has 1 unspecified atom stereocenters. The molecule has 0 fully saturated rings. The minimum absolute atomic E-state index is 0.0379. The Labute approximate surface area is 181 Å². The van der Waals surface area contributed by atoms with Crippen LogP contribution < -0.4 is 4.90 Å². The van der Waals surface area contributed by atoms with Crippen molar-refractivity contribution in [3.8, 4) is 0 Å². The van der Waals surface area contributed by atoms with Gasteiger partial charge in [-0.25, -0.2) is 12.8 Å². The molecule has 5 nitrogen and oxygen atoms in total. The fourth-order valence-corrected chi connectivity index (χ4v) is 5.32. The highest BCUT2D eigenvalue weighted by molar-refractivity contribution is 7.89. The topological polar surface area (TPSA) is 57.7 Å². The lowest BCUT2D eigenvalue weighted by Gasteiger charge is -2.27. The number of hydrogen-bond donors (Lipinski definition) is 0. The molecule has 3 aromatic carbocycles. The maximum absolute atomic E-state index is 13.4. The van der Waals surface area contributed by atoms with Crippen LogP contribution in [0.25, 0.3) is 0 Å². The summed E-state index contributed by atoms with van der Waals surface area (Å²) in [7, 11) is -4.02. The minimum Gasteiger partial charge on any atom is -0.308 e. The fourth-order valence-electron chi connectivity index (χ4n) is 3.94. The van der Waals surface area contributed by atoms with Crippen LogP contribution in [-0.2, 0) is 27.8 Å². The molecule has 0 saturated heterocycles. The third kappa shape index (κ3) is 4.38. The number of para-hydroxylation sites is 1. The van der Waals surface area contributed by atoms with Crippen LogP contribution in [0.15, 0.2) is 83.8 Å². The Morgan fingerprint density at radius 3 is 2.35 bits per heavy atom. The van der Waals surface area contributed by atoms with E-state index in [2.05, 4.69) is 0 Å². The summed E-state index contributed by atoms with van der Waals surface area (Å²) in [5.74, 6) is -0.814. The van der Waals surface area contributed by atoms with Gasteiger partial charge in [-0.3, -0.25) is 4.79 Å². The summed E-state index contributed by atoms with van der Waals surface area (Å²) >= 11 is 0. The highest BCUT2D eigenvalue weighted by Gasteiger charge is 2.34. The maximum atomic E-state index is 13.4. The molecule has 1 atom stereocenters. The number of rotatable bonds is 6. The molecular weight excluding hydrogens is 415 g/mol. The first-order valence-corrected chi connectivity index (χ1v) is 11.5. The third-order valence-electron chi connectivity index (χ3n) is 5.44. The molecule has 1 aliphatic rings. The third-order valence-corrected chi connectivity index (χ3v) is 7.25. The van der Waals surface area contributed by atoms with Gasteiger partial charge in [-0.1, -0.05) is 48.5 Å². The molecule has 0 aromatic heterocycles. The van der Waals surface area contributed by atoms with E-state index in [9.17, 15) is 17.6 Å². The summed E-state index contributed by atoms with van der Waals surface area (Å²) in [5, 5.41) is 0. The molecule has 4 rings (SSSR count). The molecule has 1 amide bonds. The van der Waals surface area contributed by atoms with Gasteiger partial charge < -0.3 is 4.90 Å². The van der Waals surface area contributed by atoms with E-state index in [0.29, 0.717) is 0 Å². The lowest BCUT2D eigenvalue weighted by molar-refractivity contribution is -0.119. The van der Waals surface area contributed by atoms with Gasteiger partial charge >= 0.3 is 0 Å². The number of halogens is 1. The molecule has 160 valence electrons. The number of carbonyl (C=O) groups excluding carboxylic acids is 1. The molecular formula is C24H23FN2O3S. The lowest BCUT2D eigenvalue weighted by Crippen LogP contribution is -2.44. The summed E-state index contributed by atoms with van der Waals surface area (Å²) in [4.78, 5) is 14.9. The van der Waals surface area contributed by atoms with E-state index >= 15 is 0 Å². The minimum atomic E-state index is -4.02. The van der Waals surface area contributed by atoms with E-state index in [-0.39, 0.29) is 29.9 Å². The van der Waals surface area contributed by atoms with E-state index < -0.39 is 15.8 Å². The fraction of sp³-hybridized carbons (Fsp3) is 0.208. The molecule has 1 heterocycles. The first-order chi connectivity index (χ1) is 14.9. The summed E-state index contributed by atoms with van der Waals surface area (Å²) in [6.07, 6.45) is 0.727. The lowest BCUT2D eigenvalue weighted by atomic mass is 10.1. The molecule has 0 radical (unpaired) electrons. The number of benzene rings is 3. The molecule has 0 N–H and O–H groups in total. The number of sulfonamides is 1. The number of hydrogen-bond acceptors (Lipinski definition) is 3. The Kier molecular flexibility index (Phi) is 5.89. The second-order valence-corrected chi connectivity index (χ2v) is 9.60. The Morgan fingerprint density at radius 2 is 1.65 bits per heavy atom. The Hall–Kier alpha value is -3.03. The normalized spacial score (nSPS) is 15.8. The summed E-state index contributed by atoms with van der Waals surface area (Å²) < 4.78 is 41.2. The van der Waals surface area contributed by atoms with Crippen molar-refractivity contribution in [2.75, 3.05) is 11.4 Å². The Bertz CT molecular complexity index is 1180. The molecule has 1 aliphatic heterocycles. The smallest absolute Gasteiger partial charge is 0.243 e. The average molecular weight is 439 g/mol. The highest BCUT2D eigenvalue weighted by Crippen LogP contribution is 2.32. The standard InChI is InChI=1S/C24H23FN2O3S/c1-18-15-20-9-5-6-10-23(20)27(18)24(28)17-26(16-19-7-3-2-4-8-19)31(29,30)22-13-11-21(25)12-14-22/h2-14,18H,15-17H2,1H3. The Balaban J connectivity index is 1.66. The molecule has 31 heavy (non-hydrogen) atoms. The van der Waals surface area contributed by atoms with Crippen molar-refractivity contribution in [3.05, 3.63) is 95.8 Å². The van der Waals surface area contributed by atoms with Crippen LogP contribution in [-0.4, -0.2) is 31.2 Å². The van der Waals surface area contributed by atoms with Crippen LogP contribution in [0.5, 0.6) is 0 Å². The molecule has 0 aliphatic carbocycles. The first-order valence-electron chi connectivity index (χ1n) is 10.1. The summed E-state index contributed by atoms with van der Waals surface area (Å²) in [5.41, 5.74) is 2.65. The van der Waals surface area contributed by atoms with Crippen molar-refractivity contribution in [3.63, 3.8) is 0 Å². The van der Waals surface area contributed by atoms with E-state index in [0.717, 1.165) is 39.7 Å². The largest absolute Gasteiger partial charge is 0.308 e. The SMILES string of the molecule is CC1Cc2ccccc2N1C(=O)CN(Cc1ccccc1)S(=O)(=O)c1ccc(F)cc1. The van der Waals surface area contributed by atoms with Gasteiger partial charge in [0.1, 0.15) is 5.82 Å². The molecule has 0 bridgehead atoms. The van der Waals surface area contributed by atoms with E-state index in [1.165, 1.54) is 12.1 Å². The number of nitrogens with zero attached hydrogens (tertiary/aromatic N) is 2. The molecule has 7 heteroatoms. The van der Waals surface area contributed by atoms with Crippen molar-refractivity contribution in [1.29, 1.82) is 0 Å². The Morgan fingerprint density at radius 1 is 1.00 bits per heavy atom. The van der Waals surface area contributed by atoms with Gasteiger partial charge in [-0.05, 0) is 54.8 Å². The highest BCUT2D eigenvalue weighted by atomic mass is 32.2. The zero-order chi connectivity index (χ0) is 22.0. The van der Waals surface area contributed by atoms with Crippen LogP contribution >= 0.6 is 0 Å². The van der Waals surface area contributed by atoms with Crippen molar-refractivity contribution in [1.82, 2.24) is 4.31 Å². The van der Waals surface area contributed by atoms with Gasteiger partial charge in [0.15, 0.2) is 0 Å². The monoisotopic (exact) mass is 438 g/mol. The van der Waals surface area contributed by atoms with Crippen LogP contribution in [0.4, 0.5) is 10.1 Å². The van der Waals surface area contributed by atoms with Gasteiger partial charge in [0.2, 0.25) is 15.9 Å². The summed E-state index contributed by atoms with van der Waals surface area (Å²) in [6, 6.07) is 21.4. The zero-order valence-electron chi connectivity index (χ0n) is 17.1. The number of fused-ring (bicyclic) bond motifs is 1. The average Bonchev–Trinajstić information content (AvgIpc) is 3.10. The molecule has 0 spiro atoms. The molecule has 3 aromatic rings. The van der Waals surface area contributed by atoms with Gasteiger partial charge in [0, 0.05) is 18.3 Å². The number of amides is 1. The van der Waals surface area contributed by atoms with Crippen molar-refractivity contribution in [2.24, 2.45) is 0 Å². The van der Waals surface area contributed by atoms with Gasteiger partial charge in [0.05, 0.1) is 11.4 Å². The quantitative estimate of drug-likeness (QED) is 0.585. The second-order valence-electron chi connectivity index (χ2n) is 7.66. The zero-order valence-corrected chi connectivity index (χ0v) is 17.9. The predicted octanol–water partition coefficient (Wildman–Crippen LogP) is 3.99. The van der Waals surface area contributed by atoms with Crippen molar-refractivity contribution >= 4 is 21.6 Å². The molecule has 0 saturated carbocycles. The van der Waals surface area contributed by atoms with Gasteiger partial charge in [-0.2, -0.15) is 4.31 Å². The maximum Gasteiger partial charge on any atom is 0.243 e. The van der Waals surface area contributed by atoms with E-state index in [1.54, 1.807) is 4.90 Å². The van der Waals surface area contributed by atoms with Crippen molar-refractivity contribution in [2.45, 2.75) is 30.8 Å².